The Labute approximate surface area is 122 Å². The van der Waals surface area contributed by atoms with Crippen molar-refractivity contribution < 1.29 is 4.74 Å². The molecule has 0 saturated heterocycles. The minimum Gasteiger partial charge on any atom is -0.383 e. The molecule has 0 saturated carbocycles. The van der Waals surface area contributed by atoms with E-state index in [-0.39, 0.29) is 0 Å². The van der Waals surface area contributed by atoms with Crippen LogP contribution in [0.15, 0.2) is 24.3 Å². The highest BCUT2D eigenvalue weighted by Gasteiger charge is 2.18. The van der Waals surface area contributed by atoms with Crippen LogP contribution in [-0.2, 0) is 4.74 Å². The molecule has 0 radical (unpaired) electrons. The second kappa shape index (κ2) is 9.35. The standard InChI is InChI=1S/C16H26ClNO/c1-4-6-13(2)16(12-18-9-10-19-3)14-7-5-8-15(17)11-14/h5,7-8,11,13,16,18H,4,6,9-10,12H2,1-3H3. The molecule has 0 amide bonds. The number of nitrogens with one attached hydrogen (secondary N) is 1. The molecule has 0 spiro atoms. The summed E-state index contributed by atoms with van der Waals surface area (Å²) in [6, 6.07) is 8.25. The summed E-state index contributed by atoms with van der Waals surface area (Å²) >= 11 is 6.11. The highest BCUT2D eigenvalue weighted by molar-refractivity contribution is 6.30. The number of ether oxygens (including phenoxy) is 1. The van der Waals surface area contributed by atoms with Crippen molar-refractivity contribution in [1.29, 1.82) is 0 Å². The van der Waals surface area contributed by atoms with Gasteiger partial charge < -0.3 is 10.1 Å². The Morgan fingerprint density at radius 1 is 1.37 bits per heavy atom. The van der Waals surface area contributed by atoms with Gasteiger partial charge >= 0.3 is 0 Å². The monoisotopic (exact) mass is 283 g/mol. The van der Waals surface area contributed by atoms with Gasteiger partial charge in [0, 0.05) is 25.2 Å². The second-order valence-electron chi connectivity index (χ2n) is 5.12. The predicted molar refractivity (Wildman–Crippen MR) is 83.0 cm³/mol. The van der Waals surface area contributed by atoms with Crippen molar-refractivity contribution in [3.63, 3.8) is 0 Å². The van der Waals surface area contributed by atoms with Crippen molar-refractivity contribution in [2.75, 3.05) is 26.8 Å². The first-order valence-corrected chi connectivity index (χ1v) is 7.52. The van der Waals surface area contributed by atoms with Gasteiger partial charge in [0.1, 0.15) is 0 Å². The largest absolute Gasteiger partial charge is 0.383 e. The molecule has 19 heavy (non-hydrogen) atoms. The minimum absolute atomic E-state index is 0.510. The van der Waals surface area contributed by atoms with E-state index < -0.39 is 0 Å². The second-order valence-corrected chi connectivity index (χ2v) is 5.56. The van der Waals surface area contributed by atoms with Gasteiger partial charge in [-0.05, 0) is 29.5 Å². The molecule has 0 fully saturated rings. The average Bonchev–Trinajstić information content (AvgIpc) is 2.39. The van der Waals surface area contributed by atoms with Gasteiger partial charge in [-0.3, -0.25) is 0 Å². The van der Waals surface area contributed by atoms with E-state index in [0.717, 1.165) is 24.7 Å². The molecule has 0 bridgehead atoms. The summed E-state index contributed by atoms with van der Waals surface area (Å²) in [5.74, 6) is 1.16. The van der Waals surface area contributed by atoms with Gasteiger partial charge in [0.25, 0.3) is 0 Å². The summed E-state index contributed by atoms with van der Waals surface area (Å²) in [7, 11) is 1.73. The van der Waals surface area contributed by atoms with Gasteiger partial charge in [0.15, 0.2) is 0 Å². The summed E-state index contributed by atoms with van der Waals surface area (Å²) in [6.07, 6.45) is 2.46. The lowest BCUT2D eigenvalue weighted by atomic mass is 9.84. The number of hydrogen-bond donors (Lipinski definition) is 1. The fourth-order valence-corrected chi connectivity index (χ4v) is 2.67. The topological polar surface area (TPSA) is 21.3 Å². The first kappa shape index (κ1) is 16.5. The number of hydrogen-bond acceptors (Lipinski definition) is 2. The Bertz CT molecular complexity index is 356. The molecule has 1 aromatic rings. The Kier molecular flexibility index (Phi) is 8.11. The van der Waals surface area contributed by atoms with Crippen LogP contribution in [0.3, 0.4) is 0 Å². The first-order valence-electron chi connectivity index (χ1n) is 7.14. The molecule has 0 heterocycles. The molecule has 0 aromatic heterocycles. The average molecular weight is 284 g/mol. The molecular formula is C16H26ClNO. The minimum atomic E-state index is 0.510. The van der Waals surface area contributed by atoms with Crippen LogP contribution in [0, 0.1) is 5.92 Å². The Morgan fingerprint density at radius 3 is 2.79 bits per heavy atom. The summed E-state index contributed by atoms with van der Waals surface area (Å²) < 4.78 is 5.07. The van der Waals surface area contributed by atoms with E-state index in [1.165, 1.54) is 18.4 Å². The molecule has 1 rings (SSSR count). The predicted octanol–water partition coefficient (Wildman–Crippen LogP) is 4.10. The number of methoxy groups -OCH3 is 1. The highest BCUT2D eigenvalue weighted by atomic mass is 35.5. The van der Waals surface area contributed by atoms with Crippen LogP contribution in [0.5, 0.6) is 0 Å². The SMILES string of the molecule is CCCC(C)C(CNCCOC)c1cccc(Cl)c1. The summed E-state index contributed by atoms with van der Waals surface area (Å²) in [6.45, 7) is 7.19. The molecule has 0 aliphatic carbocycles. The fraction of sp³-hybridized carbons (Fsp3) is 0.625. The van der Waals surface area contributed by atoms with E-state index >= 15 is 0 Å². The molecule has 0 aliphatic heterocycles. The molecular weight excluding hydrogens is 258 g/mol. The highest BCUT2D eigenvalue weighted by Crippen LogP contribution is 2.29. The Balaban J connectivity index is 2.68. The molecule has 2 nitrogen and oxygen atoms in total. The van der Waals surface area contributed by atoms with Gasteiger partial charge in [-0.2, -0.15) is 0 Å². The van der Waals surface area contributed by atoms with Gasteiger partial charge in [-0.1, -0.05) is 50.4 Å². The third kappa shape index (κ3) is 5.94. The Morgan fingerprint density at radius 2 is 2.16 bits per heavy atom. The van der Waals surface area contributed by atoms with Crippen LogP contribution >= 0.6 is 11.6 Å². The van der Waals surface area contributed by atoms with Gasteiger partial charge in [-0.25, -0.2) is 0 Å². The number of halogens is 1. The van der Waals surface area contributed by atoms with Crippen LogP contribution in [0.2, 0.25) is 5.02 Å². The number of rotatable bonds is 9. The molecule has 3 heteroatoms. The zero-order valence-corrected chi connectivity index (χ0v) is 13.0. The van der Waals surface area contributed by atoms with E-state index in [1.54, 1.807) is 7.11 Å². The Hall–Kier alpha value is -0.570. The molecule has 0 aliphatic rings. The van der Waals surface area contributed by atoms with E-state index in [4.69, 9.17) is 16.3 Å². The van der Waals surface area contributed by atoms with E-state index in [1.807, 2.05) is 12.1 Å². The van der Waals surface area contributed by atoms with Crippen molar-refractivity contribution in [3.05, 3.63) is 34.9 Å². The maximum absolute atomic E-state index is 6.11. The van der Waals surface area contributed by atoms with Crippen LogP contribution in [-0.4, -0.2) is 26.8 Å². The fourth-order valence-electron chi connectivity index (χ4n) is 2.47. The lowest BCUT2D eigenvalue weighted by Gasteiger charge is -2.25. The van der Waals surface area contributed by atoms with Gasteiger partial charge in [0.2, 0.25) is 0 Å². The first-order chi connectivity index (χ1) is 9.19. The third-order valence-electron chi connectivity index (χ3n) is 3.55. The zero-order valence-electron chi connectivity index (χ0n) is 12.3. The molecule has 1 N–H and O–H groups in total. The van der Waals surface area contributed by atoms with E-state index in [2.05, 4.69) is 31.3 Å². The smallest absolute Gasteiger partial charge is 0.0587 e. The summed E-state index contributed by atoms with van der Waals surface area (Å²) in [4.78, 5) is 0. The zero-order chi connectivity index (χ0) is 14.1. The van der Waals surface area contributed by atoms with Crippen molar-refractivity contribution in [2.45, 2.75) is 32.6 Å². The van der Waals surface area contributed by atoms with E-state index in [0.29, 0.717) is 11.8 Å². The lowest BCUT2D eigenvalue weighted by molar-refractivity contribution is 0.198. The van der Waals surface area contributed by atoms with Gasteiger partial charge in [0.05, 0.1) is 6.61 Å². The summed E-state index contributed by atoms with van der Waals surface area (Å²) in [5.41, 5.74) is 1.33. The van der Waals surface area contributed by atoms with Crippen LogP contribution in [0.25, 0.3) is 0 Å². The van der Waals surface area contributed by atoms with Crippen molar-refractivity contribution in [3.8, 4) is 0 Å². The van der Waals surface area contributed by atoms with Crippen molar-refractivity contribution >= 4 is 11.6 Å². The van der Waals surface area contributed by atoms with Crippen molar-refractivity contribution in [1.82, 2.24) is 5.32 Å². The molecule has 2 unspecified atom stereocenters. The maximum atomic E-state index is 6.11. The lowest BCUT2D eigenvalue weighted by Crippen LogP contribution is -2.28. The van der Waals surface area contributed by atoms with E-state index in [9.17, 15) is 0 Å². The quantitative estimate of drug-likeness (QED) is 0.689. The van der Waals surface area contributed by atoms with Crippen LogP contribution in [0.4, 0.5) is 0 Å². The van der Waals surface area contributed by atoms with Crippen molar-refractivity contribution in [2.24, 2.45) is 5.92 Å². The third-order valence-corrected chi connectivity index (χ3v) is 3.79. The molecule has 2 atom stereocenters. The molecule has 108 valence electrons. The van der Waals surface area contributed by atoms with Crippen LogP contribution < -0.4 is 5.32 Å². The maximum Gasteiger partial charge on any atom is 0.0587 e. The molecule has 1 aromatic carbocycles. The van der Waals surface area contributed by atoms with Gasteiger partial charge in [-0.15, -0.1) is 0 Å². The van der Waals surface area contributed by atoms with Crippen LogP contribution in [0.1, 0.15) is 38.2 Å². The normalized spacial score (nSPS) is 14.3. The summed E-state index contributed by atoms with van der Waals surface area (Å²) in [5, 5.41) is 4.30. The number of benzene rings is 1.